The zero-order chi connectivity index (χ0) is 11.7. The third-order valence-corrected chi connectivity index (χ3v) is 3.80. The van der Waals surface area contributed by atoms with Crippen LogP contribution in [-0.2, 0) is 6.54 Å². The summed E-state index contributed by atoms with van der Waals surface area (Å²) in [6, 6.07) is 6.48. The van der Waals surface area contributed by atoms with Gasteiger partial charge in [0.2, 0.25) is 0 Å². The highest BCUT2D eigenvalue weighted by Crippen LogP contribution is 2.22. The van der Waals surface area contributed by atoms with Crippen molar-refractivity contribution in [1.29, 1.82) is 0 Å². The van der Waals surface area contributed by atoms with Crippen LogP contribution in [0, 0.1) is 5.82 Å². The first kappa shape index (κ1) is 12.3. The van der Waals surface area contributed by atoms with Crippen molar-refractivity contribution in [2.45, 2.75) is 6.54 Å². The van der Waals surface area contributed by atoms with Gasteiger partial charge in [-0.15, -0.1) is 0 Å². The van der Waals surface area contributed by atoms with Gasteiger partial charge in [0.1, 0.15) is 15.0 Å². The quantitative estimate of drug-likeness (QED) is 0.716. The monoisotopic (exact) mass is 410 g/mol. The summed E-state index contributed by atoms with van der Waals surface area (Å²) in [5, 5.41) is 4.24. The van der Waals surface area contributed by atoms with Gasteiger partial charge in [0, 0.05) is 10.5 Å². The molecule has 0 fully saturated rings. The maximum Gasteiger partial charge on any atom is 0.129 e. The summed E-state index contributed by atoms with van der Waals surface area (Å²) in [6.45, 7) is 0.576. The minimum absolute atomic E-state index is 0.253. The lowest BCUT2D eigenvalue weighted by molar-refractivity contribution is 0.621. The van der Waals surface area contributed by atoms with Crippen LogP contribution in [0.5, 0.6) is 0 Å². The average Bonchev–Trinajstić information content (AvgIpc) is 2.50. The number of rotatable bonds is 2. The van der Waals surface area contributed by atoms with Crippen LogP contribution >= 0.6 is 47.8 Å². The number of aromatic nitrogens is 2. The number of hydrogen-bond donors (Lipinski definition) is 0. The van der Waals surface area contributed by atoms with Gasteiger partial charge >= 0.3 is 0 Å². The van der Waals surface area contributed by atoms with Gasteiger partial charge in [-0.3, -0.25) is 4.68 Å². The molecular formula is C10H6Br3FN2. The minimum Gasteiger partial charge on any atom is -0.253 e. The van der Waals surface area contributed by atoms with Crippen LogP contribution in [0.1, 0.15) is 5.56 Å². The maximum absolute atomic E-state index is 12.9. The molecule has 2 aromatic rings. The molecule has 0 unspecified atom stereocenters. The molecule has 0 saturated heterocycles. The normalized spacial score (nSPS) is 10.8. The van der Waals surface area contributed by atoms with Crippen LogP contribution in [0.3, 0.4) is 0 Å². The average molecular weight is 413 g/mol. The van der Waals surface area contributed by atoms with Crippen molar-refractivity contribution in [2.75, 3.05) is 0 Å². The van der Waals surface area contributed by atoms with Gasteiger partial charge < -0.3 is 0 Å². The molecule has 2 nitrogen and oxygen atoms in total. The summed E-state index contributed by atoms with van der Waals surface area (Å²) in [5.74, 6) is -0.253. The second-order valence-corrected chi connectivity index (χ2v) is 5.66. The van der Waals surface area contributed by atoms with Gasteiger partial charge in [-0.1, -0.05) is 22.0 Å². The summed E-state index contributed by atoms with van der Waals surface area (Å²) in [7, 11) is 0. The number of hydrogen-bond acceptors (Lipinski definition) is 1. The molecule has 0 aliphatic heterocycles. The summed E-state index contributed by atoms with van der Waals surface area (Å²) in [6.07, 6.45) is 0. The highest BCUT2D eigenvalue weighted by Gasteiger charge is 2.07. The fourth-order valence-electron chi connectivity index (χ4n) is 1.29. The van der Waals surface area contributed by atoms with E-state index in [9.17, 15) is 4.39 Å². The second-order valence-electron chi connectivity index (χ2n) is 3.18. The molecule has 6 heteroatoms. The van der Waals surface area contributed by atoms with Gasteiger partial charge in [0.25, 0.3) is 0 Å². The lowest BCUT2D eigenvalue weighted by Gasteiger charge is -2.06. The first-order valence-corrected chi connectivity index (χ1v) is 6.77. The zero-order valence-corrected chi connectivity index (χ0v) is 12.7. The highest BCUT2D eigenvalue weighted by molar-refractivity contribution is 9.11. The number of nitrogens with zero attached hydrogens (tertiary/aromatic N) is 2. The Morgan fingerprint density at radius 2 is 1.94 bits per heavy atom. The molecule has 16 heavy (non-hydrogen) atoms. The number of halogens is 4. The van der Waals surface area contributed by atoms with Gasteiger partial charge in [-0.2, -0.15) is 5.10 Å². The van der Waals surface area contributed by atoms with Crippen LogP contribution < -0.4 is 0 Å². The van der Waals surface area contributed by atoms with Crippen molar-refractivity contribution in [3.8, 4) is 0 Å². The molecule has 0 N–H and O–H groups in total. The van der Waals surface area contributed by atoms with Crippen LogP contribution in [0.2, 0.25) is 0 Å². The largest absolute Gasteiger partial charge is 0.253 e. The first-order valence-electron chi connectivity index (χ1n) is 4.39. The van der Waals surface area contributed by atoms with Crippen molar-refractivity contribution >= 4 is 47.8 Å². The Morgan fingerprint density at radius 3 is 2.50 bits per heavy atom. The Kier molecular flexibility index (Phi) is 3.81. The molecular weight excluding hydrogens is 407 g/mol. The molecule has 0 saturated carbocycles. The molecule has 1 heterocycles. The predicted octanol–water partition coefficient (Wildman–Crippen LogP) is 4.36. The van der Waals surface area contributed by atoms with E-state index in [1.165, 1.54) is 12.1 Å². The Hall–Kier alpha value is -0.200. The Labute approximate surface area is 117 Å². The topological polar surface area (TPSA) is 17.8 Å². The molecule has 0 radical (unpaired) electrons. The molecule has 84 valence electrons. The van der Waals surface area contributed by atoms with Gasteiger partial charge in [0.15, 0.2) is 0 Å². The van der Waals surface area contributed by atoms with E-state index in [4.69, 9.17) is 0 Å². The first-order chi connectivity index (χ1) is 7.56. The molecule has 0 bridgehead atoms. The van der Waals surface area contributed by atoms with E-state index in [-0.39, 0.29) is 5.82 Å². The standard InChI is InChI=1S/C10H6Br3FN2/c11-8-3-7(14)2-1-6(8)5-16-10(13)4-9(12)15-16/h1-4H,5H2. The smallest absolute Gasteiger partial charge is 0.129 e. The van der Waals surface area contributed by atoms with E-state index in [1.54, 1.807) is 10.7 Å². The van der Waals surface area contributed by atoms with Gasteiger partial charge in [-0.05, 0) is 49.6 Å². The van der Waals surface area contributed by atoms with Crippen molar-refractivity contribution in [3.63, 3.8) is 0 Å². The summed E-state index contributed by atoms with van der Waals surface area (Å²) in [5.41, 5.74) is 0.970. The lowest BCUT2D eigenvalue weighted by Crippen LogP contribution is -2.02. The second kappa shape index (κ2) is 4.98. The Morgan fingerprint density at radius 1 is 1.19 bits per heavy atom. The molecule has 0 aliphatic rings. The van der Waals surface area contributed by atoms with E-state index < -0.39 is 0 Å². The third kappa shape index (κ3) is 2.73. The molecule has 2 rings (SSSR count). The lowest BCUT2D eigenvalue weighted by atomic mass is 10.2. The maximum atomic E-state index is 12.9. The van der Waals surface area contributed by atoms with Crippen molar-refractivity contribution < 1.29 is 4.39 Å². The highest BCUT2D eigenvalue weighted by atomic mass is 79.9. The van der Waals surface area contributed by atoms with E-state index in [0.717, 1.165) is 19.2 Å². The summed E-state index contributed by atoms with van der Waals surface area (Å²) < 4.78 is 17.1. The molecule has 1 aromatic carbocycles. The summed E-state index contributed by atoms with van der Waals surface area (Å²) >= 11 is 10.0. The molecule has 0 atom stereocenters. The van der Waals surface area contributed by atoms with Crippen molar-refractivity contribution in [3.05, 3.63) is 49.3 Å². The molecule has 0 aliphatic carbocycles. The SMILES string of the molecule is Fc1ccc(Cn2nc(Br)cc2Br)c(Br)c1. The van der Waals surface area contributed by atoms with Crippen LogP contribution in [0.15, 0.2) is 37.9 Å². The van der Waals surface area contributed by atoms with Crippen molar-refractivity contribution in [2.24, 2.45) is 0 Å². The van der Waals surface area contributed by atoms with Crippen LogP contribution in [-0.4, -0.2) is 9.78 Å². The molecule has 0 spiro atoms. The van der Waals surface area contributed by atoms with Crippen LogP contribution in [0.25, 0.3) is 0 Å². The minimum atomic E-state index is -0.253. The van der Waals surface area contributed by atoms with E-state index >= 15 is 0 Å². The Bertz CT molecular complexity index is 525. The number of benzene rings is 1. The van der Waals surface area contributed by atoms with E-state index in [2.05, 4.69) is 52.9 Å². The van der Waals surface area contributed by atoms with Gasteiger partial charge in [0.05, 0.1) is 6.54 Å². The zero-order valence-electron chi connectivity index (χ0n) is 7.92. The molecule has 1 aromatic heterocycles. The predicted molar refractivity (Wildman–Crippen MR) is 70.8 cm³/mol. The molecule has 0 amide bonds. The van der Waals surface area contributed by atoms with Gasteiger partial charge in [-0.25, -0.2) is 4.39 Å². The van der Waals surface area contributed by atoms with E-state index in [0.29, 0.717) is 6.54 Å². The van der Waals surface area contributed by atoms with Crippen molar-refractivity contribution in [1.82, 2.24) is 9.78 Å². The van der Waals surface area contributed by atoms with Crippen LogP contribution in [0.4, 0.5) is 4.39 Å². The summed E-state index contributed by atoms with van der Waals surface area (Å²) in [4.78, 5) is 0. The van der Waals surface area contributed by atoms with E-state index in [1.807, 2.05) is 6.07 Å². The fourth-order valence-corrected chi connectivity index (χ4v) is 2.90. The fraction of sp³-hybridized carbons (Fsp3) is 0.100. The Balaban J connectivity index is 2.30. The third-order valence-electron chi connectivity index (χ3n) is 2.04.